The molecule has 0 saturated heterocycles. The molecule has 11 heteroatoms. The third kappa shape index (κ3) is 14.4. The summed E-state index contributed by atoms with van der Waals surface area (Å²) in [7, 11) is -11.4. The van der Waals surface area contributed by atoms with Gasteiger partial charge in [0.25, 0.3) is 0 Å². The molecule has 0 spiro atoms. The first kappa shape index (κ1) is 40.1. The zero-order valence-electron chi connectivity index (χ0n) is 29.5. The van der Waals surface area contributed by atoms with Gasteiger partial charge in [-0.15, -0.1) is 0 Å². The van der Waals surface area contributed by atoms with E-state index < -0.39 is 49.9 Å². The van der Waals surface area contributed by atoms with Crippen LogP contribution in [-0.4, -0.2) is 74.1 Å². The minimum absolute atomic E-state index is 0.142. The van der Waals surface area contributed by atoms with Crippen molar-refractivity contribution in [3.05, 3.63) is 0 Å². The summed E-state index contributed by atoms with van der Waals surface area (Å²) in [6.07, 6.45) is 4.22. The van der Waals surface area contributed by atoms with Crippen molar-refractivity contribution in [1.82, 2.24) is 0 Å². The summed E-state index contributed by atoms with van der Waals surface area (Å²) in [5.74, 6) is 0. The van der Waals surface area contributed by atoms with Crippen LogP contribution in [0.1, 0.15) is 53.4 Å². The van der Waals surface area contributed by atoms with Gasteiger partial charge in [0.2, 0.25) is 8.32 Å². The smallest absolute Gasteiger partial charge is 0.311 e. The number of hydrogen-bond donors (Lipinski definition) is 0. The van der Waals surface area contributed by atoms with Crippen LogP contribution >= 0.6 is 0 Å². The lowest BCUT2D eigenvalue weighted by atomic mass is 10.2. The second-order valence-electron chi connectivity index (χ2n) is 15.4. The Labute approximate surface area is 251 Å². The third-order valence-corrected chi connectivity index (χ3v) is 29.2. The van der Waals surface area contributed by atoms with Crippen molar-refractivity contribution in [2.75, 3.05) is 13.2 Å². The van der Waals surface area contributed by atoms with Crippen LogP contribution in [-0.2, 0) is 21.8 Å². The van der Waals surface area contributed by atoms with Gasteiger partial charge < -0.3 is 21.8 Å². The number of rotatable bonds is 21. The van der Waals surface area contributed by atoms with Crippen molar-refractivity contribution in [2.45, 2.75) is 168 Å². The van der Waals surface area contributed by atoms with Gasteiger partial charge in [0.15, 0.2) is 25.0 Å². The highest BCUT2D eigenvalue weighted by molar-refractivity contribution is 6.88. The molecule has 0 aromatic heterocycles. The highest BCUT2D eigenvalue weighted by Gasteiger charge is 2.52. The number of ether oxygens (including phenoxy) is 1. The fourth-order valence-electron chi connectivity index (χ4n) is 6.08. The summed E-state index contributed by atoms with van der Waals surface area (Å²) in [4.78, 5) is 0. The summed E-state index contributed by atoms with van der Waals surface area (Å²) in [5, 5.41) is -0.142. The van der Waals surface area contributed by atoms with E-state index in [1.54, 1.807) is 0 Å². The average molecular weight is 655 g/mol. The van der Waals surface area contributed by atoms with E-state index in [1.807, 2.05) is 0 Å². The minimum Gasteiger partial charge on any atom is -0.437 e. The molecule has 0 heterocycles. The highest BCUT2D eigenvalue weighted by atomic mass is 28.5. The van der Waals surface area contributed by atoms with Crippen molar-refractivity contribution in [2.24, 2.45) is 0 Å². The Morgan fingerprint density at radius 3 is 1.49 bits per heavy atom. The van der Waals surface area contributed by atoms with Crippen molar-refractivity contribution in [1.29, 1.82) is 0 Å². The van der Waals surface area contributed by atoms with Crippen LogP contribution in [0.3, 0.4) is 0 Å². The maximum Gasteiger partial charge on any atom is 0.311 e. The van der Waals surface area contributed by atoms with E-state index in [4.69, 9.17) is 21.8 Å². The van der Waals surface area contributed by atoms with Crippen molar-refractivity contribution >= 4 is 49.9 Å². The first-order chi connectivity index (χ1) is 17.4. The molecule has 0 aliphatic rings. The van der Waals surface area contributed by atoms with Crippen molar-refractivity contribution in [3.63, 3.8) is 0 Å². The molecule has 236 valence electrons. The Hall–Kier alpha value is 1.10. The van der Waals surface area contributed by atoms with Gasteiger partial charge in [-0.1, -0.05) is 40.4 Å². The van der Waals surface area contributed by atoms with E-state index >= 15 is 0 Å². The topological polar surface area (TPSA) is 46.2 Å². The molecular formula is C28H70O5Si6. The van der Waals surface area contributed by atoms with Gasteiger partial charge in [0.1, 0.15) is 0 Å². The van der Waals surface area contributed by atoms with Gasteiger partial charge in [0, 0.05) is 18.9 Å². The van der Waals surface area contributed by atoms with E-state index in [9.17, 15) is 0 Å². The van der Waals surface area contributed by atoms with Crippen LogP contribution in [0.25, 0.3) is 0 Å². The maximum atomic E-state index is 7.35. The Morgan fingerprint density at radius 2 is 1.08 bits per heavy atom. The Morgan fingerprint density at radius 1 is 0.615 bits per heavy atom. The molecule has 0 bridgehead atoms. The molecule has 0 N–H and O–H groups in total. The molecular weight excluding hydrogens is 585 g/mol. The van der Waals surface area contributed by atoms with Gasteiger partial charge in [0.05, 0.1) is 13.3 Å². The summed E-state index contributed by atoms with van der Waals surface area (Å²) >= 11 is 0. The van der Waals surface area contributed by atoms with Gasteiger partial charge in [-0.2, -0.15) is 0 Å². The van der Waals surface area contributed by atoms with E-state index in [2.05, 4.69) is 113 Å². The molecule has 0 aromatic carbocycles. The van der Waals surface area contributed by atoms with E-state index in [0.29, 0.717) is 5.73 Å². The predicted octanol–water partition coefficient (Wildman–Crippen LogP) is 9.76. The van der Waals surface area contributed by atoms with Crippen LogP contribution < -0.4 is 0 Å². The van der Waals surface area contributed by atoms with Gasteiger partial charge in [-0.3, -0.25) is 0 Å². The molecule has 0 fully saturated rings. The fourth-order valence-corrected chi connectivity index (χ4v) is 33.5. The molecule has 0 aromatic rings. The quantitative estimate of drug-likeness (QED) is 0.0911. The summed E-state index contributed by atoms with van der Waals surface area (Å²) < 4.78 is 33.8. The monoisotopic (exact) mass is 654 g/mol. The van der Waals surface area contributed by atoms with Crippen molar-refractivity contribution < 1.29 is 21.8 Å². The van der Waals surface area contributed by atoms with Crippen LogP contribution in [0.5, 0.6) is 0 Å². The lowest BCUT2D eigenvalue weighted by Crippen LogP contribution is -2.64. The van der Waals surface area contributed by atoms with Gasteiger partial charge in [-0.25, -0.2) is 0 Å². The zero-order chi connectivity index (χ0) is 31.0. The molecule has 0 rings (SSSR count). The summed E-state index contributed by atoms with van der Waals surface area (Å²) in [5.41, 5.74) is 0.393. The SMILES string of the molecule is CCOCCC[Si](C)(C)O[Si](C)(C)O[Si](C)(C)CC[Si](C)(C)OC(CC)(CC)[Si](C)(C)OC(CC)[Si](C)(C)C. The normalized spacial score (nSPS) is 15.6. The van der Waals surface area contributed by atoms with Gasteiger partial charge >= 0.3 is 8.56 Å². The molecule has 5 nitrogen and oxygen atoms in total. The second kappa shape index (κ2) is 15.7. The first-order valence-corrected chi connectivity index (χ1v) is 34.4. The molecule has 0 radical (unpaired) electrons. The van der Waals surface area contributed by atoms with Crippen LogP contribution in [0.15, 0.2) is 0 Å². The van der Waals surface area contributed by atoms with Crippen LogP contribution in [0.2, 0.25) is 103 Å². The molecule has 0 aliphatic heterocycles. The molecule has 1 atom stereocenters. The molecule has 0 aliphatic carbocycles. The largest absolute Gasteiger partial charge is 0.437 e. The highest BCUT2D eigenvalue weighted by Crippen LogP contribution is 2.39. The van der Waals surface area contributed by atoms with Crippen LogP contribution in [0, 0.1) is 0 Å². The predicted molar refractivity (Wildman–Crippen MR) is 188 cm³/mol. The van der Waals surface area contributed by atoms with E-state index in [1.165, 1.54) is 0 Å². The Balaban J connectivity index is 5.46. The minimum atomic E-state index is -2.22. The molecule has 39 heavy (non-hydrogen) atoms. The van der Waals surface area contributed by atoms with Gasteiger partial charge in [-0.05, 0) is 116 Å². The maximum absolute atomic E-state index is 7.35. The zero-order valence-corrected chi connectivity index (χ0v) is 35.5. The third-order valence-electron chi connectivity index (χ3n) is 8.13. The standard InChI is InChI=1S/C28H70O5Si6/c1-18-27(34(5,6)7)30-38(14,15)28(19-2,20-3)31-35(8,9)25-26-37(12,13)33-39(16,17)32-36(10,11)24-22-23-29-21-4/h27H,18-26H2,1-17H3. The van der Waals surface area contributed by atoms with E-state index in [0.717, 1.165) is 57.0 Å². The number of hydrogen-bond acceptors (Lipinski definition) is 5. The summed E-state index contributed by atoms with van der Waals surface area (Å²) in [6, 6.07) is 3.37. The lowest BCUT2D eigenvalue weighted by Gasteiger charge is -2.50. The lowest BCUT2D eigenvalue weighted by molar-refractivity contribution is 0.0868. The molecule has 1 unspecified atom stereocenters. The first-order valence-electron chi connectivity index (χ1n) is 15.8. The second-order valence-corrected chi connectivity index (χ2v) is 41.6. The fraction of sp³-hybridized carbons (Fsp3) is 1.00. The molecule has 0 saturated carbocycles. The van der Waals surface area contributed by atoms with Crippen LogP contribution in [0.4, 0.5) is 0 Å². The summed E-state index contributed by atoms with van der Waals surface area (Å²) in [6.45, 7) is 41.5. The van der Waals surface area contributed by atoms with Crippen molar-refractivity contribution in [3.8, 4) is 0 Å². The van der Waals surface area contributed by atoms with E-state index in [-0.39, 0.29) is 5.22 Å². The Kier molecular flexibility index (Phi) is 16.2. The Bertz CT molecular complexity index is 703. The average Bonchev–Trinajstić information content (AvgIpc) is 2.75. The molecule has 0 amide bonds.